The second kappa shape index (κ2) is 14.4. The quantitative estimate of drug-likeness (QED) is 0.205. The zero-order valence-electron chi connectivity index (χ0n) is 23.6. The lowest BCUT2D eigenvalue weighted by Crippen LogP contribution is -2.38. The molecule has 0 radical (unpaired) electrons. The summed E-state index contributed by atoms with van der Waals surface area (Å²) in [6.45, 7) is 4.93. The molecule has 2 aliphatic rings. The van der Waals surface area contributed by atoms with E-state index in [2.05, 4.69) is 4.90 Å². The third-order valence-corrected chi connectivity index (χ3v) is 8.78. The van der Waals surface area contributed by atoms with Crippen molar-refractivity contribution in [2.24, 2.45) is 0 Å². The van der Waals surface area contributed by atoms with Crippen molar-refractivity contribution in [3.8, 4) is 22.6 Å². The van der Waals surface area contributed by atoms with Crippen LogP contribution < -0.4 is 9.47 Å². The monoisotopic (exact) mass is 638 g/mol. The molecule has 1 N–H and O–H groups in total. The summed E-state index contributed by atoms with van der Waals surface area (Å²) in [5.41, 5.74) is 3.63. The Bertz CT molecular complexity index is 1540. The second-order valence-corrected chi connectivity index (χ2v) is 12.1. The lowest BCUT2D eigenvalue weighted by Gasteiger charge is -2.26. The highest BCUT2D eigenvalue weighted by atomic mass is 35.5. The molecule has 0 spiro atoms. The number of carboxylic acid groups (broad SMARTS) is 1. The number of thioether (sulfide) groups is 1. The molecule has 3 aromatic rings. The van der Waals surface area contributed by atoms with Gasteiger partial charge in [-0.3, -0.25) is 14.6 Å². The molecule has 2 saturated heterocycles. The van der Waals surface area contributed by atoms with Crippen LogP contribution in [0.2, 0.25) is 5.02 Å². The van der Waals surface area contributed by atoms with E-state index in [4.69, 9.17) is 43.1 Å². The Morgan fingerprint density at radius 2 is 1.86 bits per heavy atom. The van der Waals surface area contributed by atoms with Crippen molar-refractivity contribution in [1.29, 1.82) is 0 Å². The van der Waals surface area contributed by atoms with Crippen LogP contribution in [0.4, 0.5) is 0 Å². The molecule has 2 heterocycles. The molecule has 0 aliphatic carbocycles. The maximum absolute atomic E-state index is 13.3. The van der Waals surface area contributed by atoms with E-state index in [1.807, 2.05) is 36.4 Å². The minimum atomic E-state index is -0.973. The zero-order valence-corrected chi connectivity index (χ0v) is 26.0. The van der Waals surface area contributed by atoms with Gasteiger partial charge >= 0.3 is 5.97 Å². The van der Waals surface area contributed by atoms with E-state index >= 15 is 0 Å². The van der Waals surface area contributed by atoms with Gasteiger partial charge in [0.25, 0.3) is 5.91 Å². The molecular weight excluding hydrogens is 608 g/mol. The van der Waals surface area contributed by atoms with Crippen molar-refractivity contribution < 1.29 is 28.9 Å². The lowest BCUT2D eigenvalue weighted by molar-refractivity contribution is -0.122. The summed E-state index contributed by atoms with van der Waals surface area (Å²) in [6, 6.07) is 18.0. The van der Waals surface area contributed by atoms with E-state index in [1.165, 1.54) is 11.8 Å². The number of nitrogens with zero attached hydrogens (tertiary/aromatic N) is 2. The maximum Gasteiger partial charge on any atom is 0.335 e. The molecule has 43 heavy (non-hydrogen) atoms. The number of carbonyl (C=O) groups is 2. The molecule has 224 valence electrons. The van der Waals surface area contributed by atoms with E-state index in [0.717, 1.165) is 55.1 Å². The van der Waals surface area contributed by atoms with Gasteiger partial charge in [-0.05, 0) is 71.7 Å². The minimum Gasteiger partial charge on any atom is -0.497 e. The number of carbonyl (C=O) groups excluding carboxylic acids is 1. The van der Waals surface area contributed by atoms with Crippen LogP contribution in [0.1, 0.15) is 21.5 Å². The molecular formula is C32H31ClN2O6S2. The first-order valence-corrected chi connectivity index (χ1v) is 15.4. The SMILES string of the molecule is COc1cc(Cl)cc(-c2cc(/C=C3\SC(=S)N(CCc4ccc(C(=O)O)cc4)C3=O)ccc2OCCN2CCOCC2)c1. The van der Waals surface area contributed by atoms with E-state index in [0.29, 0.717) is 45.3 Å². The van der Waals surface area contributed by atoms with Gasteiger partial charge < -0.3 is 19.3 Å². The first kappa shape index (κ1) is 31.0. The van der Waals surface area contributed by atoms with Crippen LogP contribution >= 0.6 is 35.6 Å². The van der Waals surface area contributed by atoms with E-state index in [9.17, 15) is 9.59 Å². The summed E-state index contributed by atoms with van der Waals surface area (Å²) in [5, 5.41) is 9.65. The Labute approximate surface area is 265 Å². The molecule has 0 atom stereocenters. The smallest absolute Gasteiger partial charge is 0.335 e. The van der Waals surface area contributed by atoms with Gasteiger partial charge in [-0.15, -0.1) is 0 Å². The molecule has 3 aromatic carbocycles. The summed E-state index contributed by atoms with van der Waals surface area (Å²) < 4.78 is 17.6. The summed E-state index contributed by atoms with van der Waals surface area (Å²) >= 11 is 13.2. The first-order chi connectivity index (χ1) is 20.8. The van der Waals surface area contributed by atoms with Crippen molar-refractivity contribution in [2.75, 3.05) is 53.1 Å². The number of hydrogen-bond acceptors (Lipinski definition) is 8. The van der Waals surface area contributed by atoms with Crippen LogP contribution in [-0.2, 0) is 16.0 Å². The maximum atomic E-state index is 13.3. The number of ether oxygens (including phenoxy) is 3. The Balaban J connectivity index is 1.34. The number of carboxylic acids is 1. The molecule has 2 fully saturated rings. The number of rotatable bonds is 11. The van der Waals surface area contributed by atoms with Gasteiger partial charge in [-0.25, -0.2) is 4.79 Å². The highest BCUT2D eigenvalue weighted by molar-refractivity contribution is 8.26. The van der Waals surface area contributed by atoms with Crippen LogP contribution in [0, 0.1) is 0 Å². The average Bonchev–Trinajstić information content (AvgIpc) is 3.28. The lowest BCUT2D eigenvalue weighted by atomic mass is 10.0. The summed E-state index contributed by atoms with van der Waals surface area (Å²) in [5.74, 6) is 0.203. The molecule has 0 bridgehead atoms. The number of morpholine rings is 1. The average molecular weight is 639 g/mol. The number of methoxy groups -OCH3 is 1. The third kappa shape index (κ3) is 7.95. The van der Waals surface area contributed by atoms with Gasteiger partial charge in [-0.1, -0.05) is 53.8 Å². The Morgan fingerprint density at radius 3 is 2.58 bits per heavy atom. The largest absolute Gasteiger partial charge is 0.497 e. The van der Waals surface area contributed by atoms with Crippen LogP contribution in [-0.4, -0.2) is 84.2 Å². The molecule has 0 saturated carbocycles. The van der Waals surface area contributed by atoms with Crippen LogP contribution in [0.25, 0.3) is 17.2 Å². The molecule has 5 rings (SSSR count). The summed E-state index contributed by atoms with van der Waals surface area (Å²) in [4.78, 5) is 28.9. The van der Waals surface area contributed by atoms with Gasteiger partial charge in [0, 0.05) is 36.8 Å². The number of benzene rings is 3. The Hall–Kier alpha value is -3.41. The van der Waals surface area contributed by atoms with Crippen molar-refractivity contribution in [3.05, 3.63) is 87.3 Å². The van der Waals surface area contributed by atoms with Gasteiger partial charge in [0.05, 0.1) is 30.8 Å². The first-order valence-electron chi connectivity index (χ1n) is 13.8. The highest BCUT2D eigenvalue weighted by Gasteiger charge is 2.31. The normalized spacial score (nSPS) is 16.6. The number of thiocarbonyl (C=S) groups is 1. The van der Waals surface area contributed by atoms with E-state index < -0.39 is 5.97 Å². The number of aromatic carboxylic acids is 1. The number of halogens is 1. The molecule has 1 amide bonds. The van der Waals surface area contributed by atoms with E-state index in [-0.39, 0.29) is 11.5 Å². The predicted molar refractivity (Wildman–Crippen MR) is 173 cm³/mol. The predicted octanol–water partition coefficient (Wildman–Crippen LogP) is 5.87. The Morgan fingerprint density at radius 1 is 1.09 bits per heavy atom. The van der Waals surface area contributed by atoms with Crippen molar-refractivity contribution in [2.45, 2.75) is 6.42 Å². The topological polar surface area (TPSA) is 88.5 Å². The molecule has 2 aliphatic heterocycles. The summed E-state index contributed by atoms with van der Waals surface area (Å²) in [6.07, 6.45) is 2.39. The van der Waals surface area contributed by atoms with Crippen molar-refractivity contribution in [3.63, 3.8) is 0 Å². The number of hydrogen-bond donors (Lipinski definition) is 1. The molecule has 0 aromatic heterocycles. The van der Waals surface area contributed by atoms with Crippen LogP contribution in [0.15, 0.2) is 65.6 Å². The molecule has 11 heteroatoms. The van der Waals surface area contributed by atoms with Crippen molar-refractivity contribution in [1.82, 2.24) is 9.80 Å². The highest BCUT2D eigenvalue weighted by Crippen LogP contribution is 2.38. The molecule has 0 unspecified atom stereocenters. The fraction of sp³-hybridized carbons (Fsp3) is 0.281. The summed E-state index contributed by atoms with van der Waals surface area (Å²) in [7, 11) is 1.60. The fourth-order valence-electron chi connectivity index (χ4n) is 4.83. The third-order valence-electron chi connectivity index (χ3n) is 7.19. The molecule has 8 nitrogen and oxygen atoms in total. The minimum absolute atomic E-state index is 0.158. The van der Waals surface area contributed by atoms with Gasteiger partial charge in [0.1, 0.15) is 22.4 Å². The second-order valence-electron chi connectivity index (χ2n) is 10.0. The van der Waals surface area contributed by atoms with E-state index in [1.54, 1.807) is 42.3 Å². The fourth-order valence-corrected chi connectivity index (χ4v) is 6.37. The van der Waals surface area contributed by atoms with Crippen molar-refractivity contribution >= 4 is 57.9 Å². The zero-order chi connectivity index (χ0) is 30.3. The van der Waals surface area contributed by atoms with Gasteiger partial charge in [-0.2, -0.15) is 0 Å². The number of amides is 1. The van der Waals surface area contributed by atoms with Gasteiger partial charge in [0.15, 0.2) is 0 Å². The van der Waals surface area contributed by atoms with Crippen LogP contribution in [0.3, 0.4) is 0 Å². The van der Waals surface area contributed by atoms with Gasteiger partial charge in [0.2, 0.25) is 0 Å². The Kier molecular flexibility index (Phi) is 10.4. The standard InChI is InChI=1S/C32H31ClN2O6S2/c1-39-26-19-24(18-25(33)20-26)27-16-22(4-7-28(27)41-15-12-34-10-13-40-14-11-34)17-29-30(36)35(32(42)43-29)9-8-21-2-5-23(6-3-21)31(37)38/h2-7,16-20H,8-15H2,1H3,(H,37,38)/b29-17-. The van der Waals surface area contributed by atoms with Crippen LogP contribution in [0.5, 0.6) is 11.5 Å².